The predicted molar refractivity (Wildman–Crippen MR) is 95.3 cm³/mol. The summed E-state index contributed by atoms with van der Waals surface area (Å²) >= 11 is 5.81. The van der Waals surface area contributed by atoms with Gasteiger partial charge in [-0.3, -0.25) is 19.8 Å². The average Bonchev–Trinajstić information content (AvgIpc) is 2.93. The van der Waals surface area contributed by atoms with E-state index in [0.29, 0.717) is 32.7 Å². The average molecular weight is 379 g/mol. The highest BCUT2D eigenvalue weighted by atomic mass is 35.5. The number of carbonyl (C=O) groups excluding carboxylic acids is 1. The van der Waals surface area contributed by atoms with Crippen LogP contribution in [0.5, 0.6) is 0 Å². The highest BCUT2D eigenvalue weighted by molar-refractivity contribution is 6.31. The SMILES string of the molecule is Cc1noc(C)c1CN1CCN(C(=O)c2ccc(Cl)cc2[N+](=O)[O-])CC1. The Labute approximate surface area is 155 Å². The Morgan fingerprint density at radius 3 is 2.58 bits per heavy atom. The summed E-state index contributed by atoms with van der Waals surface area (Å²) in [6, 6.07) is 4.12. The highest BCUT2D eigenvalue weighted by Gasteiger charge is 2.28. The number of aromatic nitrogens is 1. The van der Waals surface area contributed by atoms with E-state index in [1.165, 1.54) is 18.2 Å². The minimum absolute atomic E-state index is 0.0681. The third-order valence-corrected chi connectivity index (χ3v) is 4.84. The molecule has 1 aliphatic rings. The third-order valence-electron chi connectivity index (χ3n) is 4.61. The number of nitro groups is 1. The topological polar surface area (TPSA) is 92.7 Å². The number of rotatable bonds is 4. The molecule has 3 rings (SSSR count). The summed E-state index contributed by atoms with van der Waals surface area (Å²) in [5.41, 5.74) is 1.75. The van der Waals surface area contributed by atoms with Crippen LogP contribution in [0.3, 0.4) is 0 Å². The first-order chi connectivity index (χ1) is 12.4. The maximum atomic E-state index is 12.7. The maximum Gasteiger partial charge on any atom is 0.283 e. The van der Waals surface area contributed by atoms with E-state index in [1.807, 2.05) is 13.8 Å². The molecule has 0 saturated carbocycles. The van der Waals surface area contributed by atoms with Gasteiger partial charge in [-0.2, -0.15) is 0 Å². The molecule has 0 spiro atoms. The van der Waals surface area contributed by atoms with Gasteiger partial charge in [-0.1, -0.05) is 16.8 Å². The van der Waals surface area contributed by atoms with Crippen LogP contribution in [0.4, 0.5) is 5.69 Å². The van der Waals surface area contributed by atoms with Crippen molar-refractivity contribution >= 4 is 23.2 Å². The fourth-order valence-corrected chi connectivity index (χ4v) is 3.23. The molecule has 0 atom stereocenters. The molecule has 1 aliphatic heterocycles. The van der Waals surface area contributed by atoms with Crippen LogP contribution < -0.4 is 0 Å². The summed E-state index contributed by atoms with van der Waals surface area (Å²) in [6.45, 7) is 6.86. The monoisotopic (exact) mass is 378 g/mol. The van der Waals surface area contributed by atoms with E-state index in [1.54, 1.807) is 4.90 Å². The van der Waals surface area contributed by atoms with E-state index in [-0.39, 0.29) is 22.2 Å². The molecule has 1 aromatic carbocycles. The Morgan fingerprint density at radius 2 is 2.00 bits per heavy atom. The lowest BCUT2D eigenvalue weighted by atomic mass is 10.1. The van der Waals surface area contributed by atoms with Crippen LogP contribution in [0.2, 0.25) is 5.02 Å². The van der Waals surface area contributed by atoms with Gasteiger partial charge in [-0.15, -0.1) is 0 Å². The van der Waals surface area contributed by atoms with Crippen molar-refractivity contribution in [2.75, 3.05) is 26.2 Å². The Bertz CT molecular complexity index is 824. The minimum atomic E-state index is -0.577. The van der Waals surface area contributed by atoms with Crippen molar-refractivity contribution < 1.29 is 14.2 Å². The number of carbonyl (C=O) groups is 1. The van der Waals surface area contributed by atoms with Crippen LogP contribution >= 0.6 is 11.6 Å². The molecule has 9 heteroatoms. The zero-order valence-corrected chi connectivity index (χ0v) is 15.3. The van der Waals surface area contributed by atoms with E-state index in [4.69, 9.17) is 16.1 Å². The predicted octanol–water partition coefficient (Wildman–Crippen LogP) is 2.81. The molecule has 2 heterocycles. The smallest absolute Gasteiger partial charge is 0.283 e. The normalized spacial score (nSPS) is 15.3. The first-order valence-corrected chi connectivity index (χ1v) is 8.62. The zero-order chi connectivity index (χ0) is 18.8. The number of halogens is 1. The van der Waals surface area contributed by atoms with Crippen LogP contribution in [0.1, 0.15) is 27.4 Å². The third kappa shape index (κ3) is 3.71. The number of nitro benzene ring substituents is 1. The van der Waals surface area contributed by atoms with Crippen LogP contribution in [0.15, 0.2) is 22.7 Å². The number of nitrogens with zero attached hydrogens (tertiary/aromatic N) is 4. The van der Waals surface area contributed by atoms with Crippen LogP contribution in [-0.4, -0.2) is 52.0 Å². The second-order valence-electron chi connectivity index (χ2n) is 6.29. The van der Waals surface area contributed by atoms with Gasteiger partial charge >= 0.3 is 0 Å². The molecule has 1 amide bonds. The van der Waals surface area contributed by atoms with E-state index in [9.17, 15) is 14.9 Å². The van der Waals surface area contributed by atoms with E-state index >= 15 is 0 Å². The number of aryl methyl sites for hydroxylation is 2. The molecule has 8 nitrogen and oxygen atoms in total. The molecule has 0 unspecified atom stereocenters. The van der Waals surface area contributed by atoms with Gasteiger partial charge in [-0.05, 0) is 26.0 Å². The summed E-state index contributed by atoms with van der Waals surface area (Å²) in [5.74, 6) is 0.461. The number of hydrogen-bond acceptors (Lipinski definition) is 6. The summed E-state index contributed by atoms with van der Waals surface area (Å²) in [5, 5.41) is 15.4. The van der Waals surface area contributed by atoms with Crippen molar-refractivity contribution in [3.8, 4) is 0 Å². The molecular weight excluding hydrogens is 360 g/mol. The lowest BCUT2D eigenvalue weighted by molar-refractivity contribution is -0.385. The number of benzene rings is 1. The molecule has 0 aliphatic carbocycles. The molecule has 1 saturated heterocycles. The lowest BCUT2D eigenvalue weighted by Crippen LogP contribution is -2.48. The first kappa shape index (κ1) is 18.3. The second kappa shape index (κ2) is 7.43. The van der Waals surface area contributed by atoms with Crippen molar-refractivity contribution in [2.24, 2.45) is 0 Å². The Balaban J connectivity index is 1.67. The van der Waals surface area contributed by atoms with Crippen molar-refractivity contribution in [2.45, 2.75) is 20.4 Å². The molecule has 0 bridgehead atoms. The van der Waals surface area contributed by atoms with Crippen molar-refractivity contribution in [3.63, 3.8) is 0 Å². The zero-order valence-electron chi connectivity index (χ0n) is 14.6. The number of piperazine rings is 1. The van der Waals surface area contributed by atoms with Gasteiger partial charge in [0.05, 0.1) is 10.6 Å². The van der Waals surface area contributed by atoms with E-state index in [2.05, 4.69) is 10.1 Å². The molecule has 1 fully saturated rings. The van der Waals surface area contributed by atoms with Gasteiger partial charge in [0, 0.05) is 49.4 Å². The number of amides is 1. The van der Waals surface area contributed by atoms with Crippen LogP contribution in [0, 0.1) is 24.0 Å². The summed E-state index contributed by atoms with van der Waals surface area (Å²) in [4.78, 5) is 27.2. The summed E-state index contributed by atoms with van der Waals surface area (Å²) < 4.78 is 5.18. The van der Waals surface area contributed by atoms with Crippen LogP contribution in [-0.2, 0) is 6.54 Å². The summed E-state index contributed by atoms with van der Waals surface area (Å²) in [7, 11) is 0. The van der Waals surface area contributed by atoms with Gasteiger partial charge in [0.15, 0.2) is 0 Å². The Kier molecular flexibility index (Phi) is 5.24. The Hall–Kier alpha value is -2.45. The second-order valence-corrected chi connectivity index (χ2v) is 6.73. The largest absolute Gasteiger partial charge is 0.361 e. The molecule has 2 aromatic rings. The summed E-state index contributed by atoms with van der Waals surface area (Å²) in [6.07, 6.45) is 0. The molecular formula is C17H19ClN4O4. The van der Waals surface area contributed by atoms with Crippen molar-refractivity contribution in [3.05, 3.63) is 55.9 Å². The van der Waals surface area contributed by atoms with Gasteiger partial charge in [0.1, 0.15) is 11.3 Å². The highest BCUT2D eigenvalue weighted by Crippen LogP contribution is 2.25. The van der Waals surface area contributed by atoms with Crippen molar-refractivity contribution in [1.82, 2.24) is 15.0 Å². The first-order valence-electron chi connectivity index (χ1n) is 8.24. The van der Waals surface area contributed by atoms with E-state index < -0.39 is 4.92 Å². The molecule has 0 radical (unpaired) electrons. The van der Waals surface area contributed by atoms with Gasteiger partial charge in [0.25, 0.3) is 11.6 Å². The fraction of sp³-hybridized carbons (Fsp3) is 0.412. The molecule has 138 valence electrons. The number of hydrogen-bond donors (Lipinski definition) is 0. The van der Waals surface area contributed by atoms with Crippen molar-refractivity contribution in [1.29, 1.82) is 0 Å². The van der Waals surface area contributed by atoms with Crippen LogP contribution in [0.25, 0.3) is 0 Å². The standard InChI is InChI=1S/C17H19ClN4O4/c1-11-15(12(2)26-19-11)10-20-5-7-21(8-6-20)17(23)14-4-3-13(18)9-16(14)22(24)25/h3-4,9H,5-8,10H2,1-2H3. The molecule has 0 N–H and O–H groups in total. The van der Waals surface area contributed by atoms with Gasteiger partial charge < -0.3 is 9.42 Å². The van der Waals surface area contributed by atoms with Gasteiger partial charge in [0.2, 0.25) is 0 Å². The Morgan fingerprint density at radius 1 is 1.31 bits per heavy atom. The molecule has 1 aromatic heterocycles. The van der Waals surface area contributed by atoms with E-state index in [0.717, 1.165) is 17.0 Å². The molecule has 26 heavy (non-hydrogen) atoms. The maximum absolute atomic E-state index is 12.7. The quantitative estimate of drug-likeness (QED) is 0.600. The lowest BCUT2D eigenvalue weighted by Gasteiger charge is -2.34. The fourth-order valence-electron chi connectivity index (χ4n) is 3.07. The minimum Gasteiger partial charge on any atom is -0.361 e. The van der Waals surface area contributed by atoms with Gasteiger partial charge in [-0.25, -0.2) is 0 Å².